The molecular formula is C39H32N2. The van der Waals surface area contributed by atoms with Gasteiger partial charge in [-0.15, -0.1) is 0 Å². The van der Waals surface area contributed by atoms with Crippen LogP contribution in [0.5, 0.6) is 0 Å². The van der Waals surface area contributed by atoms with Crippen LogP contribution in [0.2, 0.25) is 0 Å². The summed E-state index contributed by atoms with van der Waals surface area (Å²) in [5.74, 6) is 0. The first-order valence-corrected chi connectivity index (χ1v) is 14.3. The Hall–Kier alpha value is -5.08. The van der Waals surface area contributed by atoms with Gasteiger partial charge in [-0.25, -0.2) is 0 Å². The van der Waals surface area contributed by atoms with Crippen molar-refractivity contribution < 1.29 is 0 Å². The molecule has 7 rings (SSSR count). The van der Waals surface area contributed by atoms with Crippen LogP contribution in [0.1, 0.15) is 17.5 Å². The molecule has 0 aromatic heterocycles. The Bertz CT molecular complexity index is 1830. The Labute approximate surface area is 242 Å². The summed E-state index contributed by atoms with van der Waals surface area (Å²) in [4.78, 5) is 4.61. The average Bonchev–Trinajstić information content (AvgIpc) is 3.05. The maximum atomic E-state index is 2.34. The van der Waals surface area contributed by atoms with Crippen LogP contribution in [0.4, 0.5) is 28.4 Å². The highest BCUT2D eigenvalue weighted by molar-refractivity contribution is 5.96. The quantitative estimate of drug-likeness (QED) is 0.212. The second-order valence-electron chi connectivity index (χ2n) is 10.6. The Morgan fingerprint density at radius 2 is 1.17 bits per heavy atom. The lowest BCUT2D eigenvalue weighted by Crippen LogP contribution is -2.10. The van der Waals surface area contributed by atoms with Crippen LogP contribution in [-0.2, 0) is 6.42 Å². The van der Waals surface area contributed by atoms with Crippen LogP contribution in [0.15, 0.2) is 146 Å². The number of hydrogen-bond acceptors (Lipinski definition) is 2. The zero-order valence-electron chi connectivity index (χ0n) is 23.2. The number of nitrogens with zero attached hydrogens (tertiary/aromatic N) is 2. The third-order valence-corrected chi connectivity index (χ3v) is 8.12. The fourth-order valence-corrected chi connectivity index (χ4v) is 5.90. The molecular weight excluding hydrogens is 496 g/mol. The summed E-state index contributed by atoms with van der Waals surface area (Å²) in [6.45, 7) is 0. The highest BCUT2D eigenvalue weighted by atomic mass is 15.1. The van der Waals surface area contributed by atoms with Crippen LogP contribution in [0, 0.1) is 0 Å². The number of benzene rings is 6. The molecule has 0 fully saturated rings. The monoisotopic (exact) mass is 528 g/mol. The van der Waals surface area contributed by atoms with Crippen molar-refractivity contribution in [2.75, 3.05) is 16.8 Å². The second kappa shape index (κ2) is 10.8. The molecule has 0 aliphatic heterocycles. The van der Waals surface area contributed by atoms with Gasteiger partial charge in [0.1, 0.15) is 0 Å². The smallest absolute Gasteiger partial charge is 0.0487 e. The van der Waals surface area contributed by atoms with Gasteiger partial charge < -0.3 is 9.80 Å². The average molecular weight is 529 g/mol. The summed E-state index contributed by atoms with van der Waals surface area (Å²) in [6.07, 6.45) is 6.77. The number of hydrogen-bond donors (Lipinski definition) is 0. The first-order valence-electron chi connectivity index (χ1n) is 14.3. The van der Waals surface area contributed by atoms with E-state index < -0.39 is 0 Å². The Morgan fingerprint density at radius 1 is 0.537 bits per heavy atom. The first-order chi connectivity index (χ1) is 20.2. The predicted octanol–water partition coefficient (Wildman–Crippen LogP) is 10.7. The fraction of sp³-hybridized carbons (Fsp3) is 0.0769. The molecule has 0 heterocycles. The Morgan fingerprint density at radius 3 is 1.95 bits per heavy atom. The third kappa shape index (κ3) is 4.90. The van der Waals surface area contributed by atoms with Gasteiger partial charge in [-0.05, 0) is 95.1 Å². The molecule has 6 aromatic carbocycles. The molecule has 0 amide bonds. The molecule has 0 spiro atoms. The molecule has 2 nitrogen and oxygen atoms in total. The summed E-state index contributed by atoms with van der Waals surface area (Å²) < 4.78 is 0. The summed E-state index contributed by atoms with van der Waals surface area (Å²) >= 11 is 0. The first kappa shape index (κ1) is 24.9. The number of para-hydroxylation sites is 1. The number of fused-ring (bicyclic) bond motifs is 2. The van der Waals surface area contributed by atoms with Crippen molar-refractivity contribution in [3.05, 3.63) is 157 Å². The molecule has 0 saturated heterocycles. The number of aryl methyl sites for hydroxylation is 1. The van der Waals surface area contributed by atoms with Gasteiger partial charge >= 0.3 is 0 Å². The Balaban J connectivity index is 1.18. The van der Waals surface area contributed by atoms with E-state index in [-0.39, 0.29) is 0 Å². The summed E-state index contributed by atoms with van der Waals surface area (Å²) in [5.41, 5.74) is 11.0. The van der Waals surface area contributed by atoms with Gasteiger partial charge in [0, 0.05) is 40.9 Å². The SMILES string of the molecule is CN(c1ccc(-c2ccc(N(c3ccccc3)c3ccc4c(c3)C=CCC4)cc2)cc1)c1cccc2ccccc12. The molecule has 0 bridgehead atoms. The predicted molar refractivity (Wildman–Crippen MR) is 176 cm³/mol. The minimum absolute atomic E-state index is 1.11. The lowest BCUT2D eigenvalue weighted by molar-refractivity contribution is 0.985. The summed E-state index contributed by atoms with van der Waals surface area (Å²) in [6, 6.07) is 50.3. The van der Waals surface area contributed by atoms with Crippen LogP contribution >= 0.6 is 0 Å². The molecule has 1 aliphatic carbocycles. The molecule has 0 unspecified atom stereocenters. The molecule has 2 heteroatoms. The molecule has 41 heavy (non-hydrogen) atoms. The molecule has 1 aliphatic rings. The van der Waals surface area contributed by atoms with Gasteiger partial charge in [0.25, 0.3) is 0 Å². The van der Waals surface area contributed by atoms with E-state index in [4.69, 9.17) is 0 Å². The topological polar surface area (TPSA) is 6.48 Å². The van der Waals surface area contributed by atoms with Gasteiger partial charge in [0.05, 0.1) is 0 Å². The van der Waals surface area contributed by atoms with E-state index in [2.05, 4.69) is 169 Å². The van der Waals surface area contributed by atoms with Crippen molar-refractivity contribution in [1.82, 2.24) is 0 Å². The van der Waals surface area contributed by atoms with Crippen LogP contribution in [-0.4, -0.2) is 7.05 Å². The van der Waals surface area contributed by atoms with E-state index in [1.165, 1.54) is 50.1 Å². The van der Waals surface area contributed by atoms with Gasteiger partial charge in [-0.2, -0.15) is 0 Å². The van der Waals surface area contributed by atoms with Crippen molar-refractivity contribution in [3.63, 3.8) is 0 Å². The molecule has 0 radical (unpaired) electrons. The zero-order valence-corrected chi connectivity index (χ0v) is 23.2. The lowest BCUT2D eigenvalue weighted by atomic mass is 9.96. The van der Waals surface area contributed by atoms with Crippen molar-refractivity contribution >= 4 is 45.3 Å². The normalized spacial score (nSPS) is 12.2. The summed E-state index contributed by atoms with van der Waals surface area (Å²) in [5, 5.41) is 2.51. The van der Waals surface area contributed by atoms with Gasteiger partial charge in [0.2, 0.25) is 0 Å². The van der Waals surface area contributed by atoms with Crippen molar-refractivity contribution in [3.8, 4) is 11.1 Å². The maximum Gasteiger partial charge on any atom is 0.0487 e. The van der Waals surface area contributed by atoms with Crippen molar-refractivity contribution in [2.24, 2.45) is 0 Å². The largest absolute Gasteiger partial charge is 0.344 e. The van der Waals surface area contributed by atoms with E-state index in [0.717, 1.165) is 24.2 Å². The van der Waals surface area contributed by atoms with Crippen LogP contribution in [0.25, 0.3) is 28.0 Å². The van der Waals surface area contributed by atoms with Crippen molar-refractivity contribution in [2.45, 2.75) is 12.8 Å². The standard InChI is InChI=1S/C39H32N2/c1-40(39-17-9-13-32-11-7-8-16-38(32)39)34-23-18-30(19-24-34)31-20-25-36(26-21-31)41(35-14-3-2-4-15-35)37-27-22-29-10-5-6-12-33(29)28-37/h2-4,6-9,11-28H,5,10H2,1H3. The molecule has 0 N–H and O–H groups in total. The van der Waals surface area contributed by atoms with Crippen molar-refractivity contribution in [1.29, 1.82) is 0 Å². The summed E-state index contributed by atoms with van der Waals surface area (Å²) in [7, 11) is 2.14. The zero-order chi connectivity index (χ0) is 27.6. The molecule has 0 atom stereocenters. The van der Waals surface area contributed by atoms with E-state index >= 15 is 0 Å². The van der Waals surface area contributed by atoms with E-state index in [9.17, 15) is 0 Å². The number of anilines is 5. The van der Waals surface area contributed by atoms with E-state index in [1.807, 2.05) is 0 Å². The maximum absolute atomic E-state index is 2.34. The third-order valence-electron chi connectivity index (χ3n) is 8.12. The van der Waals surface area contributed by atoms with Gasteiger partial charge in [-0.1, -0.05) is 97.1 Å². The second-order valence-corrected chi connectivity index (χ2v) is 10.6. The van der Waals surface area contributed by atoms with Gasteiger partial charge in [0.15, 0.2) is 0 Å². The Kier molecular flexibility index (Phi) is 6.58. The highest BCUT2D eigenvalue weighted by Crippen LogP contribution is 2.38. The highest BCUT2D eigenvalue weighted by Gasteiger charge is 2.15. The molecule has 6 aromatic rings. The van der Waals surface area contributed by atoms with E-state index in [0.29, 0.717) is 0 Å². The van der Waals surface area contributed by atoms with Crippen LogP contribution in [0.3, 0.4) is 0 Å². The minimum atomic E-state index is 1.11. The minimum Gasteiger partial charge on any atom is -0.344 e. The lowest BCUT2D eigenvalue weighted by Gasteiger charge is -2.27. The van der Waals surface area contributed by atoms with Crippen LogP contribution < -0.4 is 9.80 Å². The molecule has 0 saturated carbocycles. The fourth-order valence-electron chi connectivity index (χ4n) is 5.90. The van der Waals surface area contributed by atoms with Gasteiger partial charge in [-0.3, -0.25) is 0 Å². The van der Waals surface area contributed by atoms with E-state index in [1.54, 1.807) is 0 Å². The molecule has 198 valence electrons. The number of allylic oxidation sites excluding steroid dienone is 1. The number of rotatable bonds is 6.